The van der Waals surface area contributed by atoms with Crippen LogP contribution in [0.4, 0.5) is 0 Å². The van der Waals surface area contributed by atoms with Crippen molar-refractivity contribution in [2.75, 3.05) is 6.79 Å². The predicted molar refractivity (Wildman–Crippen MR) is 136 cm³/mol. The molecule has 8 nitrogen and oxygen atoms in total. The summed E-state index contributed by atoms with van der Waals surface area (Å²) in [5.41, 5.74) is 6.00. The van der Waals surface area contributed by atoms with Crippen LogP contribution in [0.15, 0.2) is 71.8 Å². The number of carbonyl (C=O) groups is 2. The van der Waals surface area contributed by atoms with Gasteiger partial charge in [-0.3, -0.25) is 9.59 Å². The number of nitrogens with one attached hydrogen (secondary N) is 2. The highest BCUT2D eigenvalue weighted by atomic mass is 16.7. The van der Waals surface area contributed by atoms with Gasteiger partial charge in [0.05, 0.1) is 6.21 Å². The highest BCUT2D eigenvalue weighted by molar-refractivity contribution is 5.98. The van der Waals surface area contributed by atoms with Gasteiger partial charge in [-0.05, 0) is 66.4 Å². The van der Waals surface area contributed by atoms with Gasteiger partial charge in [0, 0.05) is 5.56 Å². The van der Waals surface area contributed by atoms with Crippen molar-refractivity contribution in [1.82, 2.24) is 10.7 Å². The third kappa shape index (κ3) is 6.41. The molecule has 3 aromatic rings. The minimum absolute atomic E-state index is 0.124. The van der Waals surface area contributed by atoms with Gasteiger partial charge in [-0.15, -0.1) is 0 Å². The third-order valence-electron chi connectivity index (χ3n) is 5.67. The van der Waals surface area contributed by atoms with Crippen molar-refractivity contribution in [1.29, 1.82) is 0 Å². The number of aryl methyl sites for hydroxylation is 1. The Kier molecular flexibility index (Phi) is 7.85. The summed E-state index contributed by atoms with van der Waals surface area (Å²) in [7, 11) is 0. The van der Waals surface area contributed by atoms with Crippen LogP contribution in [0.25, 0.3) is 0 Å². The SMILES string of the molecule is Cc1ccc(COc2ccc(/C=N/NC(=O)C(NC(=O)c3ccc4c(c3)OCO4)C(C)C)cc2)cc1. The van der Waals surface area contributed by atoms with Crippen LogP contribution in [-0.2, 0) is 11.4 Å². The second kappa shape index (κ2) is 11.4. The molecule has 4 rings (SSSR count). The lowest BCUT2D eigenvalue weighted by molar-refractivity contribution is -0.123. The molecule has 1 aliphatic rings. The maximum absolute atomic E-state index is 12.7. The zero-order valence-electron chi connectivity index (χ0n) is 20.5. The number of hydrogen-bond acceptors (Lipinski definition) is 6. The molecule has 0 spiro atoms. The molecule has 0 aliphatic carbocycles. The number of amides is 2. The molecule has 0 saturated carbocycles. The predicted octanol–water partition coefficient (Wildman–Crippen LogP) is 4.21. The van der Waals surface area contributed by atoms with E-state index in [0.717, 1.165) is 16.9 Å². The molecular weight excluding hydrogens is 458 g/mol. The van der Waals surface area contributed by atoms with E-state index in [9.17, 15) is 9.59 Å². The number of fused-ring (bicyclic) bond motifs is 1. The zero-order valence-corrected chi connectivity index (χ0v) is 20.5. The quantitative estimate of drug-likeness (QED) is 0.348. The Hall–Kier alpha value is -4.33. The minimum atomic E-state index is -0.766. The Morgan fingerprint density at radius 1 is 1.00 bits per heavy atom. The summed E-state index contributed by atoms with van der Waals surface area (Å²) in [6, 6.07) is 19.7. The molecule has 2 amide bonds. The number of carbonyl (C=O) groups excluding carboxylic acids is 2. The number of hydrazone groups is 1. The Morgan fingerprint density at radius 2 is 1.72 bits per heavy atom. The van der Waals surface area contributed by atoms with Crippen molar-refractivity contribution in [3.05, 3.63) is 89.0 Å². The molecular formula is C28H29N3O5. The Bertz CT molecular complexity index is 1240. The molecule has 0 radical (unpaired) electrons. The fraction of sp³-hybridized carbons (Fsp3) is 0.250. The molecule has 3 aromatic carbocycles. The smallest absolute Gasteiger partial charge is 0.262 e. The van der Waals surface area contributed by atoms with Crippen LogP contribution >= 0.6 is 0 Å². The number of rotatable bonds is 9. The molecule has 0 saturated heterocycles. The van der Waals surface area contributed by atoms with E-state index >= 15 is 0 Å². The van der Waals surface area contributed by atoms with E-state index in [4.69, 9.17) is 14.2 Å². The highest BCUT2D eigenvalue weighted by Gasteiger charge is 2.25. The highest BCUT2D eigenvalue weighted by Crippen LogP contribution is 2.32. The number of nitrogens with zero attached hydrogens (tertiary/aromatic N) is 1. The van der Waals surface area contributed by atoms with E-state index in [-0.39, 0.29) is 18.6 Å². The summed E-state index contributed by atoms with van der Waals surface area (Å²) in [5, 5.41) is 6.82. The molecule has 8 heteroatoms. The van der Waals surface area contributed by atoms with Crippen LogP contribution in [0.5, 0.6) is 17.2 Å². The first kappa shape index (κ1) is 24.8. The fourth-order valence-corrected chi connectivity index (χ4v) is 3.54. The summed E-state index contributed by atoms with van der Waals surface area (Å²) in [4.78, 5) is 25.4. The van der Waals surface area contributed by atoms with Crippen molar-refractivity contribution in [3.63, 3.8) is 0 Å². The summed E-state index contributed by atoms with van der Waals surface area (Å²) in [6.07, 6.45) is 1.54. The fourth-order valence-electron chi connectivity index (χ4n) is 3.54. The van der Waals surface area contributed by atoms with Crippen LogP contribution in [0.3, 0.4) is 0 Å². The van der Waals surface area contributed by atoms with E-state index < -0.39 is 11.9 Å². The Labute approximate surface area is 210 Å². The number of hydrogen-bond donors (Lipinski definition) is 2. The van der Waals surface area contributed by atoms with Gasteiger partial charge < -0.3 is 19.5 Å². The van der Waals surface area contributed by atoms with E-state index in [2.05, 4.69) is 28.0 Å². The van der Waals surface area contributed by atoms with Gasteiger partial charge >= 0.3 is 0 Å². The largest absolute Gasteiger partial charge is 0.489 e. The van der Waals surface area contributed by atoms with Crippen LogP contribution in [0.2, 0.25) is 0 Å². The molecule has 1 unspecified atom stereocenters. The average molecular weight is 488 g/mol. The van der Waals surface area contributed by atoms with Crippen molar-refractivity contribution in [2.24, 2.45) is 11.0 Å². The standard InChI is InChI=1S/C28H29N3O5/c1-18(2)26(30-27(32)22-10-13-24-25(14-22)36-17-35-24)28(33)31-29-15-20-8-11-23(12-9-20)34-16-21-6-4-19(3)5-7-21/h4-15,18,26H,16-17H2,1-3H3,(H,30,32)(H,31,33)/b29-15+. The first-order valence-corrected chi connectivity index (χ1v) is 11.7. The monoisotopic (exact) mass is 487 g/mol. The van der Waals surface area contributed by atoms with Gasteiger partial charge in [0.25, 0.3) is 11.8 Å². The maximum Gasteiger partial charge on any atom is 0.262 e. The summed E-state index contributed by atoms with van der Waals surface area (Å²) in [5.74, 6) is 0.890. The first-order chi connectivity index (χ1) is 17.4. The lowest BCUT2D eigenvalue weighted by Crippen LogP contribution is -2.48. The minimum Gasteiger partial charge on any atom is -0.489 e. The van der Waals surface area contributed by atoms with Gasteiger partial charge in [-0.25, -0.2) is 5.43 Å². The third-order valence-corrected chi connectivity index (χ3v) is 5.67. The molecule has 0 bridgehead atoms. The topological polar surface area (TPSA) is 98.2 Å². The second-order valence-corrected chi connectivity index (χ2v) is 8.84. The lowest BCUT2D eigenvalue weighted by atomic mass is 10.0. The number of ether oxygens (including phenoxy) is 3. The molecule has 2 N–H and O–H groups in total. The van der Waals surface area contributed by atoms with Crippen LogP contribution in [0, 0.1) is 12.8 Å². The van der Waals surface area contributed by atoms with Crippen molar-refractivity contribution >= 4 is 18.0 Å². The number of benzene rings is 3. The van der Waals surface area contributed by atoms with Gasteiger partial charge in [0.15, 0.2) is 11.5 Å². The molecule has 186 valence electrons. The van der Waals surface area contributed by atoms with Crippen LogP contribution in [-0.4, -0.2) is 30.9 Å². The normalized spacial score (nSPS) is 13.0. The van der Waals surface area contributed by atoms with E-state index in [1.807, 2.05) is 57.2 Å². The Morgan fingerprint density at radius 3 is 2.44 bits per heavy atom. The van der Waals surface area contributed by atoms with E-state index in [1.165, 1.54) is 5.56 Å². The van der Waals surface area contributed by atoms with Gasteiger partial charge in [0.2, 0.25) is 6.79 Å². The average Bonchev–Trinajstić information content (AvgIpc) is 3.35. The van der Waals surface area contributed by atoms with E-state index in [0.29, 0.717) is 23.7 Å². The second-order valence-electron chi connectivity index (χ2n) is 8.84. The summed E-state index contributed by atoms with van der Waals surface area (Å²) >= 11 is 0. The molecule has 1 heterocycles. The van der Waals surface area contributed by atoms with Crippen molar-refractivity contribution in [3.8, 4) is 17.2 Å². The first-order valence-electron chi connectivity index (χ1n) is 11.7. The zero-order chi connectivity index (χ0) is 25.5. The summed E-state index contributed by atoms with van der Waals surface area (Å²) < 4.78 is 16.4. The van der Waals surface area contributed by atoms with Crippen LogP contribution < -0.4 is 25.0 Å². The van der Waals surface area contributed by atoms with Gasteiger partial charge in [0.1, 0.15) is 18.4 Å². The molecule has 0 aromatic heterocycles. The molecule has 1 aliphatic heterocycles. The molecule has 1 atom stereocenters. The van der Waals surface area contributed by atoms with Crippen molar-refractivity contribution < 1.29 is 23.8 Å². The van der Waals surface area contributed by atoms with Gasteiger partial charge in [-0.1, -0.05) is 43.7 Å². The van der Waals surface area contributed by atoms with Crippen LogP contribution in [0.1, 0.15) is 40.9 Å². The molecule has 0 fully saturated rings. The van der Waals surface area contributed by atoms with Crippen molar-refractivity contribution in [2.45, 2.75) is 33.4 Å². The maximum atomic E-state index is 12.7. The van der Waals surface area contributed by atoms with Gasteiger partial charge in [-0.2, -0.15) is 5.10 Å². The van der Waals surface area contributed by atoms with E-state index in [1.54, 1.807) is 24.4 Å². The Balaban J connectivity index is 1.29. The summed E-state index contributed by atoms with van der Waals surface area (Å²) in [6.45, 7) is 6.36. The lowest BCUT2D eigenvalue weighted by Gasteiger charge is -2.20. The molecule has 36 heavy (non-hydrogen) atoms.